The van der Waals surface area contributed by atoms with Crippen LogP contribution in [0.2, 0.25) is 0 Å². The van der Waals surface area contributed by atoms with Crippen LogP contribution in [0.4, 0.5) is 13.2 Å². The van der Waals surface area contributed by atoms with Crippen molar-refractivity contribution in [3.8, 4) is 16.4 Å². The van der Waals surface area contributed by atoms with Gasteiger partial charge in [0.1, 0.15) is 5.52 Å². The van der Waals surface area contributed by atoms with Gasteiger partial charge in [0.05, 0.1) is 21.5 Å². The Morgan fingerprint density at radius 3 is 2.66 bits per heavy atom. The summed E-state index contributed by atoms with van der Waals surface area (Å²) in [6.45, 7) is -0.554. The van der Waals surface area contributed by atoms with Crippen LogP contribution < -0.4 is 5.56 Å². The summed E-state index contributed by atoms with van der Waals surface area (Å²) in [6.07, 6.45) is -4.56. The van der Waals surface area contributed by atoms with Crippen molar-refractivity contribution in [1.82, 2.24) is 29.8 Å². The molecule has 0 fully saturated rings. The molecule has 9 nitrogen and oxygen atoms in total. The number of carbonyl (C=O) groups is 1. The second-order valence-corrected chi connectivity index (χ2v) is 8.12. The van der Waals surface area contributed by atoms with Crippen LogP contribution in [0, 0.1) is 0 Å². The van der Waals surface area contributed by atoms with Crippen molar-refractivity contribution in [2.24, 2.45) is 0 Å². The van der Waals surface area contributed by atoms with Crippen molar-refractivity contribution in [2.45, 2.75) is 12.9 Å². The molecule has 5 aromatic rings. The van der Waals surface area contributed by atoms with Crippen LogP contribution in [0.3, 0.4) is 0 Å². The number of alkyl halides is 3. The molecule has 0 N–H and O–H groups in total. The van der Waals surface area contributed by atoms with E-state index in [0.717, 1.165) is 21.5 Å². The van der Waals surface area contributed by atoms with Crippen molar-refractivity contribution in [3.05, 3.63) is 87.8 Å². The van der Waals surface area contributed by atoms with Gasteiger partial charge in [-0.2, -0.15) is 22.8 Å². The third kappa shape index (κ3) is 4.40. The minimum Gasteiger partial charge on any atom is -0.436 e. The number of hydrogen-bond acceptors (Lipinski definition) is 8. The Morgan fingerprint density at radius 2 is 1.89 bits per heavy atom. The summed E-state index contributed by atoms with van der Waals surface area (Å²) in [5.74, 6) is -1.23. The first kappa shape index (κ1) is 22.4. The minimum absolute atomic E-state index is 0.0615. The van der Waals surface area contributed by atoms with Gasteiger partial charge in [-0.05, 0) is 41.8 Å². The maximum Gasteiger partial charge on any atom is 0.416 e. The fourth-order valence-electron chi connectivity index (χ4n) is 3.25. The minimum atomic E-state index is -4.56. The van der Waals surface area contributed by atoms with Crippen LogP contribution >= 0.6 is 11.3 Å². The van der Waals surface area contributed by atoms with E-state index in [9.17, 15) is 22.8 Å². The van der Waals surface area contributed by atoms with E-state index in [4.69, 9.17) is 4.74 Å². The molecule has 0 radical (unpaired) electrons. The predicted octanol–water partition coefficient (Wildman–Crippen LogP) is 3.93. The molecule has 0 bridgehead atoms. The standard InChI is InChI=1S/C22H13F3N6O3S/c23-22(24,25)13-5-3-6-14(11-13)31-19(17-9-4-10-35-17)26-18(28-31)21(33)34-12-30-20(32)15-7-1-2-8-16(15)27-29-30/h1-11H,12H2. The number of nitrogens with zero attached hydrogens (tertiary/aromatic N) is 6. The second kappa shape index (κ2) is 8.76. The highest BCUT2D eigenvalue weighted by Crippen LogP contribution is 2.32. The van der Waals surface area contributed by atoms with Gasteiger partial charge in [0.2, 0.25) is 0 Å². The molecule has 0 atom stereocenters. The summed E-state index contributed by atoms with van der Waals surface area (Å²) in [5, 5.41) is 13.8. The lowest BCUT2D eigenvalue weighted by atomic mass is 10.2. The SMILES string of the molecule is O=C(OCn1nnc2ccccc2c1=O)c1nc(-c2cccs2)n(-c2cccc(C(F)(F)F)c2)n1. The number of carbonyl (C=O) groups excluding carboxylic acids is 1. The van der Waals surface area contributed by atoms with Crippen molar-refractivity contribution in [2.75, 3.05) is 0 Å². The van der Waals surface area contributed by atoms with Gasteiger partial charge in [-0.25, -0.2) is 9.48 Å². The molecule has 2 aromatic carbocycles. The van der Waals surface area contributed by atoms with Gasteiger partial charge in [0.15, 0.2) is 12.6 Å². The molecule has 0 aliphatic heterocycles. The summed E-state index contributed by atoms with van der Waals surface area (Å²) in [6, 6.07) is 14.5. The number of rotatable bonds is 5. The van der Waals surface area contributed by atoms with Crippen LogP contribution in [0.1, 0.15) is 16.2 Å². The first-order valence-electron chi connectivity index (χ1n) is 9.99. The highest BCUT2D eigenvalue weighted by atomic mass is 32.1. The van der Waals surface area contributed by atoms with Gasteiger partial charge < -0.3 is 4.74 Å². The average Bonchev–Trinajstić information content (AvgIpc) is 3.53. The molecular weight excluding hydrogens is 485 g/mol. The van der Waals surface area contributed by atoms with Crippen molar-refractivity contribution in [1.29, 1.82) is 0 Å². The highest BCUT2D eigenvalue weighted by Gasteiger charge is 2.31. The summed E-state index contributed by atoms with van der Waals surface area (Å²) in [7, 11) is 0. The van der Waals surface area contributed by atoms with E-state index in [0.29, 0.717) is 15.8 Å². The molecule has 0 saturated carbocycles. The lowest BCUT2D eigenvalue weighted by molar-refractivity contribution is -0.137. The summed E-state index contributed by atoms with van der Waals surface area (Å²) in [5.41, 5.74) is -0.931. The molecule has 3 aromatic heterocycles. The van der Waals surface area contributed by atoms with Crippen LogP contribution in [-0.2, 0) is 17.6 Å². The normalized spacial score (nSPS) is 11.6. The molecule has 13 heteroatoms. The molecule has 5 rings (SSSR count). The van der Waals surface area contributed by atoms with Gasteiger partial charge in [0, 0.05) is 0 Å². The fourth-order valence-corrected chi connectivity index (χ4v) is 3.95. The molecular formula is C22H13F3N6O3S. The number of benzene rings is 2. The van der Waals surface area contributed by atoms with E-state index in [1.807, 2.05) is 0 Å². The second-order valence-electron chi connectivity index (χ2n) is 7.17. The highest BCUT2D eigenvalue weighted by molar-refractivity contribution is 7.13. The zero-order valence-electron chi connectivity index (χ0n) is 17.5. The number of ether oxygens (including phenoxy) is 1. The van der Waals surface area contributed by atoms with E-state index in [2.05, 4.69) is 20.4 Å². The van der Waals surface area contributed by atoms with Gasteiger partial charge in [0.25, 0.3) is 11.4 Å². The monoisotopic (exact) mass is 498 g/mol. The van der Waals surface area contributed by atoms with Crippen LogP contribution in [-0.4, -0.2) is 35.7 Å². The van der Waals surface area contributed by atoms with Crippen molar-refractivity contribution in [3.63, 3.8) is 0 Å². The van der Waals surface area contributed by atoms with Crippen LogP contribution in [0.5, 0.6) is 0 Å². The predicted molar refractivity (Wildman–Crippen MR) is 119 cm³/mol. The van der Waals surface area contributed by atoms with Crippen LogP contribution in [0.25, 0.3) is 27.3 Å². The Bertz CT molecular complexity index is 1590. The van der Waals surface area contributed by atoms with E-state index in [1.165, 1.54) is 23.5 Å². The molecule has 0 aliphatic rings. The smallest absolute Gasteiger partial charge is 0.416 e. The number of aromatic nitrogens is 6. The number of esters is 1. The molecule has 35 heavy (non-hydrogen) atoms. The maximum atomic E-state index is 13.2. The Kier molecular flexibility index (Phi) is 5.61. The van der Waals surface area contributed by atoms with Crippen molar-refractivity contribution >= 4 is 28.2 Å². The molecule has 3 heterocycles. The van der Waals surface area contributed by atoms with Gasteiger partial charge in [-0.15, -0.1) is 21.5 Å². The summed E-state index contributed by atoms with van der Waals surface area (Å²) in [4.78, 5) is 30.0. The van der Waals surface area contributed by atoms with Gasteiger partial charge in [-0.3, -0.25) is 4.79 Å². The summed E-state index contributed by atoms with van der Waals surface area (Å²) < 4.78 is 46.8. The Morgan fingerprint density at radius 1 is 1.06 bits per heavy atom. The van der Waals surface area contributed by atoms with Gasteiger partial charge >= 0.3 is 12.1 Å². The zero-order chi connectivity index (χ0) is 24.6. The Hall–Kier alpha value is -4.39. The van der Waals surface area contributed by atoms with Crippen LogP contribution in [0.15, 0.2) is 70.8 Å². The first-order chi connectivity index (χ1) is 16.8. The zero-order valence-corrected chi connectivity index (χ0v) is 18.3. The largest absolute Gasteiger partial charge is 0.436 e. The van der Waals surface area contributed by atoms with Gasteiger partial charge in [-0.1, -0.05) is 29.5 Å². The molecule has 0 unspecified atom stereocenters. The molecule has 0 aliphatic carbocycles. The molecule has 176 valence electrons. The lowest BCUT2D eigenvalue weighted by Crippen LogP contribution is -2.26. The molecule has 0 saturated heterocycles. The topological polar surface area (TPSA) is 105 Å². The quantitative estimate of drug-likeness (QED) is 0.338. The third-order valence-corrected chi connectivity index (χ3v) is 5.76. The maximum absolute atomic E-state index is 13.2. The average molecular weight is 498 g/mol. The third-order valence-electron chi connectivity index (χ3n) is 4.90. The fraction of sp³-hybridized carbons (Fsp3) is 0.0909. The number of hydrogen-bond donors (Lipinski definition) is 0. The van der Waals surface area contributed by atoms with E-state index in [1.54, 1.807) is 41.8 Å². The number of thiophene rings is 1. The first-order valence-corrected chi connectivity index (χ1v) is 10.9. The summed E-state index contributed by atoms with van der Waals surface area (Å²) >= 11 is 1.27. The van der Waals surface area contributed by atoms with Crippen molar-refractivity contribution < 1.29 is 22.7 Å². The lowest BCUT2D eigenvalue weighted by Gasteiger charge is -2.09. The van der Waals surface area contributed by atoms with E-state index >= 15 is 0 Å². The molecule has 0 spiro atoms. The Balaban J connectivity index is 1.46. The number of halogens is 3. The number of fused-ring (bicyclic) bond motifs is 1. The van der Waals surface area contributed by atoms with E-state index in [-0.39, 0.29) is 11.5 Å². The molecule has 0 amide bonds. The van der Waals surface area contributed by atoms with E-state index < -0.39 is 35.8 Å². The Labute approximate surface area is 198 Å².